The van der Waals surface area contributed by atoms with Crippen molar-refractivity contribution in [2.24, 2.45) is 0 Å². The molecule has 0 aliphatic heterocycles. The molecular weight excluding hydrogens is 250 g/mol. The fourth-order valence-corrected chi connectivity index (χ4v) is 2.15. The fraction of sp³-hybridized carbons (Fsp3) is 0.385. The van der Waals surface area contributed by atoms with Crippen LogP contribution in [0.25, 0.3) is 0 Å². The Morgan fingerprint density at radius 3 is 2.72 bits per heavy atom. The zero-order chi connectivity index (χ0) is 13.5. The van der Waals surface area contributed by atoms with E-state index in [0.717, 1.165) is 0 Å². The van der Waals surface area contributed by atoms with Crippen LogP contribution >= 0.6 is 11.3 Å². The normalized spacial score (nSPS) is 11.9. The first-order valence-electron chi connectivity index (χ1n) is 5.83. The highest BCUT2D eigenvalue weighted by atomic mass is 32.1. The van der Waals surface area contributed by atoms with Gasteiger partial charge in [0.05, 0.1) is 17.2 Å². The number of thiophene rings is 1. The predicted molar refractivity (Wildman–Crippen MR) is 72.3 cm³/mol. The van der Waals surface area contributed by atoms with Crippen LogP contribution in [0.4, 0.5) is 0 Å². The van der Waals surface area contributed by atoms with E-state index in [2.05, 4.69) is 0 Å². The largest absolute Gasteiger partial charge is 0.511 e. The van der Waals surface area contributed by atoms with E-state index in [4.69, 9.17) is 10.1 Å². The van der Waals surface area contributed by atoms with E-state index in [-0.39, 0.29) is 23.7 Å². The van der Waals surface area contributed by atoms with Gasteiger partial charge in [-0.1, -0.05) is 13.0 Å². The van der Waals surface area contributed by atoms with Gasteiger partial charge >= 0.3 is 5.97 Å². The Bertz CT molecular complexity index is 449. The Kier molecular flexibility index (Phi) is 5.58. The van der Waals surface area contributed by atoms with Gasteiger partial charge in [0.25, 0.3) is 0 Å². The van der Waals surface area contributed by atoms with E-state index in [9.17, 15) is 9.90 Å². The lowest BCUT2D eigenvalue weighted by molar-refractivity contribution is -0.138. The maximum atomic E-state index is 11.8. The molecule has 1 rings (SSSR count). The highest BCUT2D eigenvalue weighted by Gasteiger charge is 2.22. The molecule has 0 fully saturated rings. The van der Waals surface area contributed by atoms with Crippen LogP contribution in [0.2, 0.25) is 0 Å². The van der Waals surface area contributed by atoms with Crippen LogP contribution in [0.1, 0.15) is 31.6 Å². The van der Waals surface area contributed by atoms with Crippen molar-refractivity contribution in [2.45, 2.75) is 26.7 Å². The second-order valence-corrected chi connectivity index (χ2v) is 4.59. The molecule has 0 saturated heterocycles. The van der Waals surface area contributed by atoms with Crippen LogP contribution in [0, 0.1) is 5.41 Å². The van der Waals surface area contributed by atoms with E-state index in [0.29, 0.717) is 17.7 Å². The van der Waals surface area contributed by atoms with Gasteiger partial charge in [-0.3, -0.25) is 5.41 Å². The average molecular weight is 267 g/mol. The number of aliphatic hydroxyl groups is 1. The fourth-order valence-electron chi connectivity index (χ4n) is 1.47. The zero-order valence-electron chi connectivity index (χ0n) is 10.5. The van der Waals surface area contributed by atoms with Gasteiger partial charge in [0.1, 0.15) is 11.3 Å². The summed E-state index contributed by atoms with van der Waals surface area (Å²) >= 11 is 1.35. The highest BCUT2D eigenvalue weighted by molar-refractivity contribution is 7.12. The number of ether oxygens (including phenoxy) is 1. The van der Waals surface area contributed by atoms with Gasteiger partial charge in [-0.25, -0.2) is 4.79 Å². The summed E-state index contributed by atoms with van der Waals surface area (Å²) in [4.78, 5) is 12.5. The van der Waals surface area contributed by atoms with Crippen molar-refractivity contribution in [3.05, 3.63) is 33.7 Å². The third-order valence-corrected chi connectivity index (χ3v) is 3.16. The SMILES string of the molecule is CCCC(O)=C(C(=N)c1cccs1)C(=O)OCC. The van der Waals surface area contributed by atoms with Crippen molar-refractivity contribution in [2.75, 3.05) is 6.61 Å². The highest BCUT2D eigenvalue weighted by Crippen LogP contribution is 2.19. The summed E-state index contributed by atoms with van der Waals surface area (Å²) in [6, 6.07) is 3.54. The Morgan fingerprint density at radius 1 is 1.50 bits per heavy atom. The van der Waals surface area contributed by atoms with Gasteiger partial charge in [-0.2, -0.15) is 0 Å². The second-order valence-electron chi connectivity index (χ2n) is 3.64. The number of hydrogen-bond donors (Lipinski definition) is 2. The van der Waals surface area contributed by atoms with E-state index in [1.165, 1.54) is 11.3 Å². The van der Waals surface area contributed by atoms with Crippen molar-refractivity contribution in [3.8, 4) is 0 Å². The quantitative estimate of drug-likeness (QED) is 0.359. The monoisotopic (exact) mass is 267 g/mol. The van der Waals surface area contributed by atoms with Crippen LogP contribution < -0.4 is 0 Å². The van der Waals surface area contributed by atoms with Gasteiger partial charge < -0.3 is 9.84 Å². The van der Waals surface area contributed by atoms with Crippen molar-refractivity contribution in [1.29, 1.82) is 5.41 Å². The number of hydrogen-bond acceptors (Lipinski definition) is 5. The van der Waals surface area contributed by atoms with Crippen molar-refractivity contribution < 1.29 is 14.6 Å². The lowest BCUT2D eigenvalue weighted by atomic mass is 10.1. The molecule has 0 saturated carbocycles. The summed E-state index contributed by atoms with van der Waals surface area (Å²) < 4.78 is 4.90. The van der Waals surface area contributed by atoms with E-state index in [1.54, 1.807) is 19.1 Å². The Morgan fingerprint density at radius 2 is 2.22 bits per heavy atom. The summed E-state index contributed by atoms with van der Waals surface area (Å²) in [5.74, 6) is -0.712. The molecule has 2 N–H and O–H groups in total. The number of nitrogens with one attached hydrogen (secondary N) is 1. The number of carbonyl (C=O) groups is 1. The summed E-state index contributed by atoms with van der Waals surface area (Å²) in [5, 5.41) is 19.8. The van der Waals surface area contributed by atoms with Gasteiger partial charge in [0, 0.05) is 6.42 Å². The molecule has 18 heavy (non-hydrogen) atoms. The van der Waals surface area contributed by atoms with Crippen molar-refractivity contribution in [3.63, 3.8) is 0 Å². The summed E-state index contributed by atoms with van der Waals surface area (Å²) in [7, 11) is 0. The summed E-state index contributed by atoms with van der Waals surface area (Å²) in [5.41, 5.74) is -0.00412. The Balaban J connectivity index is 3.09. The molecule has 0 bridgehead atoms. The van der Waals surface area contributed by atoms with Crippen molar-refractivity contribution in [1.82, 2.24) is 0 Å². The van der Waals surface area contributed by atoms with Crippen LogP contribution in [-0.4, -0.2) is 23.4 Å². The Hall–Kier alpha value is -1.62. The first kappa shape index (κ1) is 14.4. The van der Waals surface area contributed by atoms with E-state index in [1.807, 2.05) is 12.3 Å². The molecule has 0 unspecified atom stereocenters. The van der Waals surface area contributed by atoms with E-state index >= 15 is 0 Å². The first-order valence-corrected chi connectivity index (χ1v) is 6.71. The molecule has 98 valence electrons. The van der Waals surface area contributed by atoms with Gasteiger partial charge in [0.2, 0.25) is 0 Å². The van der Waals surface area contributed by atoms with Gasteiger partial charge in [-0.05, 0) is 24.8 Å². The Labute approximate surface area is 110 Å². The number of aliphatic hydroxyl groups excluding tert-OH is 1. The maximum Gasteiger partial charge on any atom is 0.343 e. The zero-order valence-corrected chi connectivity index (χ0v) is 11.3. The molecule has 0 aliphatic carbocycles. The molecule has 5 heteroatoms. The molecule has 0 amide bonds. The smallest absolute Gasteiger partial charge is 0.343 e. The molecule has 0 aliphatic rings. The third-order valence-electron chi connectivity index (χ3n) is 2.27. The molecule has 1 aromatic heterocycles. The molecular formula is C13H17NO3S. The molecule has 0 aromatic carbocycles. The topological polar surface area (TPSA) is 70.4 Å². The van der Waals surface area contributed by atoms with Crippen LogP contribution in [0.5, 0.6) is 0 Å². The maximum absolute atomic E-state index is 11.8. The minimum absolute atomic E-state index is 0.0226. The predicted octanol–water partition coefficient (Wildman–Crippen LogP) is 3.29. The number of allylic oxidation sites excluding steroid dienone is 1. The lowest BCUT2D eigenvalue weighted by Gasteiger charge is -2.10. The van der Waals surface area contributed by atoms with Crippen LogP contribution in [0.15, 0.2) is 28.8 Å². The first-order chi connectivity index (χ1) is 8.61. The van der Waals surface area contributed by atoms with Gasteiger partial charge in [0.15, 0.2) is 0 Å². The molecule has 4 nitrogen and oxygen atoms in total. The molecule has 0 spiro atoms. The third kappa shape index (κ3) is 3.43. The number of rotatable bonds is 6. The summed E-state index contributed by atoms with van der Waals surface area (Å²) in [6.07, 6.45) is 1.06. The van der Waals surface area contributed by atoms with E-state index < -0.39 is 5.97 Å². The number of esters is 1. The molecule has 0 atom stereocenters. The lowest BCUT2D eigenvalue weighted by Crippen LogP contribution is -2.18. The average Bonchev–Trinajstić information content (AvgIpc) is 2.83. The minimum atomic E-state index is -0.637. The molecule has 0 radical (unpaired) electrons. The minimum Gasteiger partial charge on any atom is -0.511 e. The standard InChI is InChI=1S/C13H17NO3S/c1-3-6-9(15)11(13(16)17-4-2)12(14)10-7-5-8-18-10/h5,7-8,14-15H,3-4,6H2,1-2H3. The molecule has 1 aromatic rings. The molecule has 1 heterocycles. The van der Waals surface area contributed by atoms with Crippen molar-refractivity contribution >= 4 is 23.0 Å². The summed E-state index contributed by atoms with van der Waals surface area (Å²) in [6.45, 7) is 3.81. The van der Waals surface area contributed by atoms with Crippen LogP contribution in [0.3, 0.4) is 0 Å². The second kappa shape index (κ2) is 6.96. The van der Waals surface area contributed by atoms with Gasteiger partial charge in [-0.15, -0.1) is 11.3 Å². The van der Waals surface area contributed by atoms with Crippen LogP contribution in [-0.2, 0) is 9.53 Å². The number of carbonyl (C=O) groups excluding carboxylic acids is 1.